The molecule has 0 aliphatic carbocycles. The van der Waals surface area contributed by atoms with Crippen LogP contribution in [0.4, 0.5) is 20.4 Å². The Bertz CT molecular complexity index is 607. The van der Waals surface area contributed by atoms with Gasteiger partial charge in [-0.05, 0) is 41.1 Å². The number of nitrogens with zero attached hydrogens (tertiary/aromatic N) is 2. The van der Waals surface area contributed by atoms with E-state index in [4.69, 9.17) is 0 Å². The van der Waals surface area contributed by atoms with E-state index in [9.17, 15) is 8.78 Å². The minimum Gasteiger partial charge on any atom is -0.369 e. The van der Waals surface area contributed by atoms with E-state index in [-0.39, 0.29) is 12.1 Å². The van der Waals surface area contributed by atoms with Gasteiger partial charge in [-0.15, -0.1) is 0 Å². The van der Waals surface area contributed by atoms with E-state index >= 15 is 0 Å². The molecule has 0 aliphatic heterocycles. The molecule has 1 aromatic carbocycles. The van der Waals surface area contributed by atoms with Crippen molar-refractivity contribution in [2.24, 2.45) is 0 Å². The molecule has 0 radical (unpaired) electrons. The number of hydrogen-bond donors (Lipinski definition) is 2. The normalized spacial score (nSPS) is 10.4. The van der Waals surface area contributed by atoms with E-state index in [1.54, 1.807) is 0 Å². The van der Waals surface area contributed by atoms with E-state index in [2.05, 4.69) is 36.5 Å². The molecule has 2 aromatic rings. The van der Waals surface area contributed by atoms with Gasteiger partial charge in [-0.1, -0.05) is 0 Å². The van der Waals surface area contributed by atoms with Gasteiger partial charge in [-0.25, -0.2) is 18.7 Å². The number of anilines is 2. The topological polar surface area (TPSA) is 49.8 Å². The van der Waals surface area contributed by atoms with Gasteiger partial charge >= 0.3 is 0 Å². The van der Waals surface area contributed by atoms with Crippen molar-refractivity contribution in [2.75, 3.05) is 17.2 Å². The molecule has 0 atom stereocenters. The highest BCUT2D eigenvalue weighted by atomic mass is 79.9. The second-order valence-corrected chi connectivity index (χ2v) is 4.80. The van der Waals surface area contributed by atoms with E-state index in [0.717, 1.165) is 18.2 Å². The van der Waals surface area contributed by atoms with Gasteiger partial charge in [-0.3, -0.25) is 0 Å². The molecule has 1 aromatic heterocycles. The van der Waals surface area contributed by atoms with E-state index < -0.39 is 11.6 Å². The summed E-state index contributed by atoms with van der Waals surface area (Å²) < 4.78 is 27.2. The Balaban J connectivity index is 2.14. The molecule has 20 heavy (non-hydrogen) atoms. The summed E-state index contributed by atoms with van der Waals surface area (Å²) in [7, 11) is 0. The number of halogens is 3. The fourth-order valence-electron chi connectivity index (χ4n) is 1.64. The molecule has 0 saturated heterocycles. The van der Waals surface area contributed by atoms with Crippen molar-refractivity contribution < 1.29 is 8.78 Å². The predicted octanol–water partition coefficient (Wildman–Crippen LogP) is 3.56. The van der Waals surface area contributed by atoms with Crippen LogP contribution in [-0.4, -0.2) is 16.5 Å². The molecule has 0 bridgehead atoms. The van der Waals surface area contributed by atoms with Gasteiger partial charge in [0, 0.05) is 18.7 Å². The van der Waals surface area contributed by atoms with Crippen LogP contribution < -0.4 is 10.6 Å². The zero-order chi connectivity index (χ0) is 14.5. The minimum atomic E-state index is -0.474. The highest BCUT2D eigenvalue weighted by Crippen LogP contribution is 2.26. The first-order chi connectivity index (χ1) is 9.61. The first-order valence-electron chi connectivity index (χ1n) is 6.04. The summed E-state index contributed by atoms with van der Waals surface area (Å²) >= 11 is 3.37. The monoisotopic (exact) mass is 342 g/mol. The van der Waals surface area contributed by atoms with Gasteiger partial charge in [0.1, 0.15) is 34.1 Å². The van der Waals surface area contributed by atoms with Crippen molar-refractivity contribution in [1.82, 2.24) is 9.97 Å². The second kappa shape index (κ2) is 6.60. The molecule has 1 heterocycles. The van der Waals surface area contributed by atoms with Crippen LogP contribution in [0.15, 0.2) is 29.0 Å². The summed E-state index contributed by atoms with van der Waals surface area (Å²) in [4.78, 5) is 8.14. The lowest BCUT2D eigenvalue weighted by Crippen LogP contribution is -2.07. The summed E-state index contributed by atoms with van der Waals surface area (Å²) in [6.07, 6.45) is 1.40. The van der Waals surface area contributed by atoms with Crippen LogP contribution in [0.3, 0.4) is 0 Å². The third-order valence-electron chi connectivity index (χ3n) is 2.59. The zero-order valence-electron chi connectivity index (χ0n) is 10.8. The van der Waals surface area contributed by atoms with Crippen LogP contribution in [0.1, 0.15) is 12.5 Å². The van der Waals surface area contributed by atoms with E-state index in [0.29, 0.717) is 22.7 Å². The van der Waals surface area contributed by atoms with Crippen LogP contribution in [0.2, 0.25) is 0 Å². The second-order valence-electron chi connectivity index (χ2n) is 4.00. The Kier molecular flexibility index (Phi) is 4.84. The summed E-state index contributed by atoms with van der Waals surface area (Å²) in [6, 6.07) is 3.34. The third-order valence-corrected chi connectivity index (χ3v) is 3.34. The smallest absolute Gasteiger partial charge is 0.146 e. The highest BCUT2D eigenvalue weighted by Gasteiger charge is 2.09. The average molecular weight is 343 g/mol. The lowest BCUT2D eigenvalue weighted by molar-refractivity contribution is 0.587. The molecule has 0 spiro atoms. The summed E-state index contributed by atoms with van der Waals surface area (Å²) in [5.74, 6) is 0.221. The van der Waals surface area contributed by atoms with Crippen LogP contribution in [0, 0.1) is 11.6 Å². The quantitative estimate of drug-likeness (QED) is 0.872. The molecule has 0 amide bonds. The molecule has 7 heteroatoms. The fraction of sp³-hybridized carbons (Fsp3) is 0.231. The Hall–Kier alpha value is -1.76. The SMILES string of the molecule is CCNc1ncnc(NCc2cc(F)ccc2F)c1Br. The van der Waals surface area contributed by atoms with Gasteiger partial charge in [0.2, 0.25) is 0 Å². The maximum atomic E-state index is 13.5. The number of nitrogens with one attached hydrogen (secondary N) is 2. The van der Waals surface area contributed by atoms with Crippen molar-refractivity contribution in [2.45, 2.75) is 13.5 Å². The lowest BCUT2D eigenvalue weighted by Gasteiger charge is -2.11. The summed E-state index contributed by atoms with van der Waals surface area (Å²) in [5, 5.41) is 6.01. The maximum absolute atomic E-state index is 13.5. The highest BCUT2D eigenvalue weighted by molar-refractivity contribution is 9.10. The van der Waals surface area contributed by atoms with Crippen LogP contribution in [0.5, 0.6) is 0 Å². The summed E-state index contributed by atoms with van der Waals surface area (Å²) in [6.45, 7) is 2.79. The largest absolute Gasteiger partial charge is 0.369 e. The molecule has 106 valence electrons. The lowest BCUT2D eigenvalue weighted by atomic mass is 10.2. The van der Waals surface area contributed by atoms with Crippen molar-refractivity contribution in [3.05, 3.63) is 46.2 Å². The molecule has 4 nitrogen and oxygen atoms in total. The van der Waals surface area contributed by atoms with Crippen molar-refractivity contribution in [3.8, 4) is 0 Å². The van der Waals surface area contributed by atoms with Gasteiger partial charge in [0.05, 0.1) is 0 Å². The Morgan fingerprint density at radius 2 is 1.85 bits per heavy atom. The van der Waals surface area contributed by atoms with Crippen LogP contribution >= 0.6 is 15.9 Å². The fourth-order valence-corrected chi connectivity index (χ4v) is 2.13. The molecular formula is C13H13BrF2N4. The number of benzene rings is 1. The Labute approximate surface area is 123 Å². The molecule has 2 N–H and O–H groups in total. The van der Waals surface area contributed by atoms with Gasteiger partial charge < -0.3 is 10.6 Å². The van der Waals surface area contributed by atoms with Crippen LogP contribution in [0.25, 0.3) is 0 Å². The van der Waals surface area contributed by atoms with Gasteiger partial charge in [0.15, 0.2) is 0 Å². The molecule has 0 aliphatic rings. The molecular weight excluding hydrogens is 330 g/mol. The molecule has 0 saturated carbocycles. The Morgan fingerprint density at radius 3 is 2.55 bits per heavy atom. The van der Waals surface area contributed by atoms with E-state index in [1.807, 2.05) is 6.92 Å². The molecule has 0 unspecified atom stereocenters. The van der Waals surface area contributed by atoms with Crippen molar-refractivity contribution in [1.29, 1.82) is 0 Å². The average Bonchev–Trinajstić information content (AvgIpc) is 2.43. The van der Waals surface area contributed by atoms with Crippen LogP contribution in [-0.2, 0) is 6.54 Å². The standard InChI is InChI=1S/C13H13BrF2N4/c1-2-17-12-11(14)13(20-7-19-12)18-6-8-5-9(15)3-4-10(8)16/h3-5,7H,2,6H2,1H3,(H2,17,18,19,20). The van der Waals surface area contributed by atoms with Gasteiger partial charge in [0.25, 0.3) is 0 Å². The third kappa shape index (κ3) is 3.41. The van der Waals surface area contributed by atoms with E-state index in [1.165, 1.54) is 6.33 Å². The minimum absolute atomic E-state index is 0.130. The summed E-state index contributed by atoms with van der Waals surface area (Å²) in [5.41, 5.74) is 0.237. The molecule has 2 rings (SSSR count). The van der Waals surface area contributed by atoms with Crippen molar-refractivity contribution >= 4 is 27.6 Å². The first-order valence-corrected chi connectivity index (χ1v) is 6.83. The first kappa shape index (κ1) is 14.6. The zero-order valence-corrected chi connectivity index (χ0v) is 12.3. The van der Waals surface area contributed by atoms with Gasteiger partial charge in [-0.2, -0.15) is 0 Å². The number of hydrogen-bond acceptors (Lipinski definition) is 4. The number of rotatable bonds is 5. The number of aromatic nitrogens is 2. The molecule has 0 fully saturated rings. The predicted molar refractivity (Wildman–Crippen MR) is 77.6 cm³/mol. The Morgan fingerprint density at radius 1 is 1.15 bits per heavy atom. The van der Waals surface area contributed by atoms with Crippen molar-refractivity contribution in [3.63, 3.8) is 0 Å². The maximum Gasteiger partial charge on any atom is 0.146 e.